The summed E-state index contributed by atoms with van der Waals surface area (Å²) in [6, 6.07) is 13.2. The van der Waals surface area contributed by atoms with Crippen LogP contribution in [0.25, 0.3) is 0 Å². The van der Waals surface area contributed by atoms with E-state index in [0.29, 0.717) is 19.0 Å². The Kier molecular flexibility index (Phi) is 9.35. The number of hydrogen-bond acceptors (Lipinski definition) is 7. The van der Waals surface area contributed by atoms with E-state index in [1.54, 1.807) is 6.21 Å². The normalized spacial score (nSPS) is 12.4. The quantitative estimate of drug-likeness (QED) is 0.355. The van der Waals surface area contributed by atoms with Crippen molar-refractivity contribution >= 4 is 18.0 Å². The third-order valence-electron chi connectivity index (χ3n) is 4.21. The van der Waals surface area contributed by atoms with Gasteiger partial charge in [0.1, 0.15) is 32.3 Å². The van der Waals surface area contributed by atoms with Gasteiger partial charge >= 0.3 is 0 Å². The Labute approximate surface area is 182 Å². The number of nitrogens with one attached hydrogen (secondary N) is 1. The molecule has 2 aromatic rings. The molecular formula is C23H29N3O5. The molecule has 1 atom stereocenters. The summed E-state index contributed by atoms with van der Waals surface area (Å²) in [7, 11) is 2.94. The monoisotopic (exact) mass is 427 g/mol. The largest absolute Gasteiger partial charge is 0.493 e. The predicted molar refractivity (Wildman–Crippen MR) is 119 cm³/mol. The zero-order valence-corrected chi connectivity index (χ0v) is 18.5. The second kappa shape index (κ2) is 12.2. The first kappa shape index (κ1) is 23.7. The van der Waals surface area contributed by atoms with E-state index in [2.05, 4.69) is 20.5 Å². The fourth-order valence-electron chi connectivity index (χ4n) is 2.74. The molecule has 0 saturated carbocycles. The van der Waals surface area contributed by atoms with E-state index in [-0.39, 0.29) is 11.8 Å². The second-order valence-corrected chi connectivity index (χ2v) is 6.90. The van der Waals surface area contributed by atoms with Crippen molar-refractivity contribution in [3.05, 3.63) is 59.2 Å². The van der Waals surface area contributed by atoms with Crippen LogP contribution in [0.4, 0.5) is 0 Å². The van der Waals surface area contributed by atoms with Gasteiger partial charge < -0.3 is 24.5 Å². The first-order chi connectivity index (χ1) is 14.9. The smallest absolute Gasteiger partial charge is 0.222 e. The third kappa shape index (κ3) is 7.65. The van der Waals surface area contributed by atoms with Crippen molar-refractivity contribution in [2.24, 2.45) is 16.2 Å². The van der Waals surface area contributed by atoms with Crippen LogP contribution in [0, 0.1) is 12.8 Å². The van der Waals surface area contributed by atoms with Crippen LogP contribution in [-0.2, 0) is 21.1 Å². The molecule has 0 aromatic heterocycles. The van der Waals surface area contributed by atoms with Gasteiger partial charge in [-0.05, 0) is 30.7 Å². The van der Waals surface area contributed by atoms with Crippen molar-refractivity contribution in [3.63, 3.8) is 0 Å². The van der Waals surface area contributed by atoms with Crippen molar-refractivity contribution in [1.82, 2.24) is 5.32 Å². The van der Waals surface area contributed by atoms with Gasteiger partial charge in [0.15, 0.2) is 5.84 Å². The molecule has 1 N–H and O–H groups in total. The van der Waals surface area contributed by atoms with E-state index in [1.165, 1.54) is 21.1 Å². The summed E-state index contributed by atoms with van der Waals surface area (Å²) in [6.07, 6.45) is 1.70. The average Bonchev–Trinajstić information content (AvgIpc) is 2.75. The van der Waals surface area contributed by atoms with Gasteiger partial charge in [-0.3, -0.25) is 4.79 Å². The number of amides is 1. The van der Waals surface area contributed by atoms with Crippen molar-refractivity contribution in [1.29, 1.82) is 0 Å². The number of ether oxygens (including phenoxy) is 2. The third-order valence-corrected chi connectivity index (χ3v) is 4.21. The summed E-state index contributed by atoms with van der Waals surface area (Å²) in [5.74, 6) is 1.71. The molecule has 0 fully saturated rings. The van der Waals surface area contributed by atoms with Crippen LogP contribution in [0.3, 0.4) is 0 Å². The fraction of sp³-hybridized carbons (Fsp3) is 0.348. The van der Waals surface area contributed by atoms with Gasteiger partial charge in [0, 0.05) is 30.2 Å². The minimum Gasteiger partial charge on any atom is -0.493 e. The Morgan fingerprint density at radius 3 is 2.58 bits per heavy atom. The van der Waals surface area contributed by atoms with Crippen LogP contribution < -0.4 is 14.8 Å². The lowest BCUT2D eigenvalue weighted by molar-refractivity contribution is -0.117. The van der Waals surface area contributed by atoms with Gasteiger partial charge in [0.25, 0.3) is 0 Å². The minimum atomic E-state index is -0.235. The summed E-state index contributed by atoms with van der Waals surface area (Å²) < 4.78 is 11.8. The zero-order chi connectivity index (χ0) is 22.6. The molecule has 0 heterocycles. The first-order valence-corrected chi connectivity index (χ1v) is 9.84. The predicted octanol–water partition coefficient (Wildman–Crippen LogP) is 3.67. The number of nitrogens with zero attached hydrogens (tertiary/aromatic N) is 2. The summed E-state index contributed by atoms with van der Waals surface area (Å²) in [5.41, 5.74) is 2.53. The highest BCUT2D eigenvalue weighted by molar-refractivity contribution is 6.08. The van der Waals surface area contributed by atoms with Gasteiger partial charge in [-0.15, -0.1) is 0 Å². The van der Waals surface area contributed by atoms with Crippen LogP contribution >= 0.6 is 0 Å². The topological polar surface area (TPSA) is 90.7 Å². The average molecular weight is 428 g/mol. The lowest BCUT2D eigenvalue weighted by Gasteiger charge is -2.15. The van der Waals surface area contributed by atoms with Crippen molar-refractivity contribution in [2.75, 3.05) is 20.8 Å². The maximum Gasteiger partial charge on any atom is 0.222 e. The Balaban J connectivity index is 2.07. The number of benzene rings is 2. The summed E-state index contributed by atoms with van der Waals surface area (Å²) in [4.78, 5) is 21.1. The molecule has 0 aliphatic heterocycles. The number of carbonyl (C=O) groups is 1. The SMILES string of the molecule is CO/N=C(\NC(C)=O)c1ccccc1COc1ccc(OCC(C)/C=N/OC)cc1C. The van der Waals surface area contributed by atoms with Gasteiger partial charge in [-0.1, -0.05) is 41.5 Å². The molecule has 166 valence electrons. The van der Waals surface area contributed by atoms with Crippen LogP contribution in [-0.4, -0.2) is 38.8 Å². The van der Waals surface area contributed by atoms with E-state index >= 15 is 0 Å². The van der Waals surface area contributed by atoms with Gasteiger partial charge in [-0.2, -0.15) is 0 Å². The molecule has 8 heteroatoms. The molecule has 2 rings (SSSR count). The Morgan fingerprint density at radius 1 is 1.13 bits per heavy atom. The van der Waals surface area contributed by atoms with E-state index in [1.807, 2.05) is 56.3 Å². The molecule has 0 aliphatic carbocycles. The Hall–Kier alpha value is -3.55. The Morgan fingerprint density at radius 2 is 1.90 bits per heavy atom. The second-order valence-electron chi connectivity index (χ2n) is 6.90. The molecule has 31 heavy (non-hydrogen) atoms. The first-order valence-electron chi connectivity index (χ1n) is 9.84. The summed E-state index contributed by atoms with van der Waals surface area (Å²) >= 11 is 0. The lowest BCUT2D eigenvalue weighted by Crippen LogP contribution is -2.30. The van der Waals surface area contributed by atoms with E-state index in [4.69, 9.17) is 14.3 Å². The van der Waals surface area contributed by atoms with Crippen LogP contribution in [0.5, 0.6) is 11.5 Å². The van der Waals surface area contributed by atoms with Crippen molar-refractivity contribution in [2.45, 2.75) is 27.4 Å². The number of hydrogen-bond donors (Lipinski definition) is 1. The van der Waals surface area contributed by atoms with Gasteiger partial charge in [0.2, 0.25) is 5.91 Å². The van der Waals surface area contributed by atoms with Gasteiger partial charge in [0.05, 0.1) is 6.61 Å². The number of carbonyl (C=O) groups excluding carboxylic acids is 1. The molecule has 8 nitrogen and oxygen atoms in total. The number of amidine groups is 1. The highest BCUT2D eigenvalue weighted by Gasteiger charge is 2.13. The van der Waals surface area contributed by atoms with Crippen molar-refractivity contribution in [3.8, 4) is 11.5 Å². The molecule has 1 amide bonds. The summed E-state index contributed by atoms with van der Waals surface area (Å²) in [5, 5.41) is 10.4. The molecular weight excluding hydrogens is 398 g/mol. The van der Waals surface area contributed by atoms with Crippen LogP contribution in [0.2, 0.25) is 0 Å². The highest BCUT2D eigenvalue weighted by atomic mass is 16.6. The molecule has 1 unspecified atom stereocenters. The zero-order valence-electron chi connectivity index (χ0n) is 18.5. The standard InChI is InChI=1S/C23H29N3O5/c1-16(13-24-28-4)14-30-20-10-11-22(17(2)12-20)31-15-19-8-6-7-9-21(19)23(26-29-5)25-18(3)27/h6-13,16H,14-15H2,1-5H3,(H,25,26,27)/b24-13+. The maximum atomic E-state index is 11.5. The van der Waals surface area contributed by atoms with Crippen molar-refractivity contribution < 1.29 is 23.9 Å². The number of oxime groups is 2. The fourth-order valence-corrected chi connectivity index (χ4v) is 2.74. The molecule has 2 aromatic carbocycles. The van der Waals surface area contributed by atoms with E-state index < -0.39 is 0 Å². The lowest BCUT2D eigenvalue weighted by atomic mass is 10.1. The molecule has 0 radical (unpaired) electrons. The summed E-state index contributed by atoms with van der Waals surface area (Å²) in [6.45, 7) is 6.16. The highest BCUT2D eigenvalue weighted by Crippen LogP contribution is 2.25. The molecule has 0 saturated heterocycles. The van der Waals surface area contributed by atoms with Crippen LogP contribution in [0.1, 0.15) is 30.5 Å². The molecule has 0 bridgehead atoms. The number of aryl methyl sites for hydroxylation is 1. The minimum absolute atomic E-state index is 0.124. The van der Waals surface area contributed by atoms with Crippen LogP contribution in [0.15, 0.2) is 52.8 Å². The van der Waals surface area contributed by atoms with Gasteiger partial charge in [-0.25, -0.2) is 0 Å². The molecule has 0 aliphatic rings. The maximum absolute atomic E-state index is 11.5. The molecule has 0 spiro atoms. The Bertz CT molecular complexity index is 927. The number of rotatable bonds is 10. The van der Waals surface area contributed by atoms with E-state index in [0.717, 1.165) is 28.2 Å². The van der Waals surface area contributed by atoms with E-state index in [9.17, 15) is 4.79 Å².